The fraction of sp³-hybridized carbons (Fsp3) is 1.00. The molecule has 0 spiro atoms. The summed E-state index contributed by atoms with van der Waals surface area (Å²) in [6.07, 6.45) is 1.24. The topological polar surface area (TPSA) is 20.2 Å². The Morgan fingerprint density at radius 3 is 1.92 bits per heavy atom. The van der Waals surface area contributed by atoms with Crippen molar-refractivity contribution in [3.63, 3.8) is 0 Å². The molecule has 0 aliphatic heterocycles. The lowest BCUT2D eigenvalue weighted by Gasteiger charge is -2.47. The molecule has 0 unspecified atom stereocenters. The fourth-order valence-electron chi connectivity index (χ4n) is 3.98. The Morgan fingerprint density at radius 2 is 1.54 bits per heavy atom. The van der Waals surface area contributed by atoms with Crippen molar-refractivity contribution < 1.29 is 5.11 Å². The van der Waals surface area contributed by atoms with Crippen molar-refractivity contribution in [2.24, 2.45) is 29.1 Å². The Balaban J connectivity index is 2.37. The van der Waals surface area contributed by atoms with Crippen LogP contribution in [0.25, 0.3) is 0 Å². The van der Waals surface area contributed by atoms with Gasteiger partial charge in [-0.25, -0.2) is 0 Å². The summed E-state index contributed by atoms with van der Waals surface area (Å²) in [6, 6.07) is 0. The van der Waals surface area contributed by atoms with Gasteiger partial charge >= 0.3 is 0 Å². The van der Waals surface area contributed by atoms with E-state index in [4.69, 9.17) is 0 Å². The molecule has 0 aromatic heterocycles. The second-order valence-corrected chi connectivity index (χ2v) is 6.07. The molecule has 2 saturated carbocycles. The van der Waals surface area contributed by atoms with Crippen LogP contribution >= 0.6 is 0 Å². The zero-order valence-corrected chi connectivity index (χ0v) is 9.46. The first-order valence-electron chi connectivity index (χ1n) is 5.52. The van der Waals surface area contributed by atoms with Crippen molar-refractivity contribution in [1.29, 1.82) is 0 Å². The Morgan fingerprint density at radius 1 is 1.00 bits per heavy atom. The highest BCUT2D eigenvalue weighted by Crippen LogP contribution is 2.65. The maximum absolute atomic E-state index is 10.4. The van der Waals surface area contributed by atoms with E-state index in [9.17, 15) is 5.11 Å². The van der Waals surface area contributed by atoms with E-state index >= 15 is 0 Å². The lowest BCUT2D eigenvalue weighted by Crippen LogP contribution is -2.48. The second kappa shape index (κ2) is 2.31. The maximum Gasteiger partial charge on any atom is 0.0678 e. The van der Waals surface area contributed by atoms with Gasteiger partial charge in [-0.05, 0) is 42.4 Å². The zero-order valence-electron chi connectivity index (χ0n) is 9.46. The number of rotatable bonds is 0. The first-order valence-corrected chi connectivity index (χ1v) is 5.52. The van der Waals surface area contributed by atoms with Gasteiger partial charge < -0.3 is 5.11 Å². The maximum atomic E-state index is 10.4. The second-order valence-electron chi connectivity index (χ2n) is 6.07. The van der Waals surface area contributed by atoms with Gasteiger partial charge in [0.25, 0.3) is 0 Å². The molecule has 0 aromatic carbocycles. The minimum absolute atomic E-state index is 0.403. The predicted molar refractivity (Wildman–Crippen MR) is 54.3 cm³/mol. The van der Waals surface area contributed by atoms with Crippen molar-refractivity contribution in [1.82, 2.24) is 0 Å². The van der Waals surface area contributed by atoms with Crippen LogP contribution in [0.15, 0.2) is 0 Å². The van der Waals surface area contributed by atoms with E-state index in [1.165, 1.54) is 6.42 Å². The van der Waals surface area contributed by atoms with Crippen LogP contribution in [-0.4, -0.2) is 10.7 Å². The third-order valence-corrected chi connectivity index (χ3v) is 5.52. The minimum atomic E-state index is -0.403. The normalized spacial score (nSPS) is 58.6. The Bertz CT molecular complexity index is 205. The largest absolute Gasteiger partial charge is 0.390 e. The molecular weight excluding hydrogens is 160 g/mol. The van der Waals surface area contributed by atoms with E-state index < -0.39 is 5.60 Å². The van der Waals surface area contributed by atoms with Crippen LogP contribution < -0.4 is 0 Å². The molecule has 1 heteroatoms. The lowest BCUT2D eigenvalue weighted by molar-refractivity contribution is -0.0943. The van der Waals surface area contributed by atoms with Gasteiger partial charge in [0.1, 0.15) is 0 Å². The van der Waals surface area contributed by atoms with Gasteiger partial charge in [-0.1, -0.05) is 27.7 Å². The van der Waals surface area contributed by atoms with Gasteiger partial charge in [0, 0.05) is 0 Å². The van der Waals surface area contributed by atoms with Crippen LogP contribution in [0.1, 0.15) is 41.0 Å². The SMILES string of the molecule is C[C@@H]1[C@@H]2C[C@@H]([C@@H](C)[C@@]2(C)O)C1(C)C. The first kappa shape index (κ1) is 9.51. The highest BCUT2D eigenvalue weighted by atomic mass is 16.3. The lowest BCUT2D eigenvalue weighted by atomic mass is 9.61. The smallest absolute Gasteiger partial charge is 0.0678 e. The molecule has 5 atom stereocenters. The molecule has 2 rings (SSSR count). The highest BCUT2D eigenvalue weighted by molar-refractivity contribution is 5.12. The standard InChI is InChI=1S/C12H22O/c1-7-10-6-9(11(7,3)4)8(2)12(10,5)13/h7-10,13H,6H2,1-5H3/t7-,8-,9+,10+,12-/m1/s1. The Kier molecular flexibility index (Phi) is 1.69. The summed E-state index contributed by atoms with van der Waals surface area (Å²) in [7, 11) is 0. The molecule has 0 amide bonds. The predicted octanol–water partition coefficient (Wildman–Crippen LogP) is 2.69. The molecular formula is C12H22O. The summed E-state index contributed by atoms with van der Waals surface area (Å²) >= 11 is 0. The molecule has 13 heavy (non-hydrogen) atoms. The van der Waals surface area contributed by atoms with Crippen LogP contribution in [-0.2, 0) is 0 Å². The van der Waals surface area contributed by atoms with Crippen molar-refractivity contribution in [2.75, 3.05) is 0 Å². The van der Waals surface area contributed by atoms with Crippen molar-refractivity contribution in [2.45, 2.75) is 46.6 Å². The summed E-state index contributed by atoms with van der Waals surface area (Å²) in [6.45, 7) is 11.3. The molecule has 1 nitrogen and oxygen atoms in total. The zero-order chi connectivity index (χ0) is 10.0. The monoisotopic (exact) mass is 182 g/mol. The summed E-state index contributed by atoms with van der Waals surface area (Å²) in [5.74, 6) is 2.40. The van der Waals surface area contributed by atoms with E-state index in [2.05, 4.69) is 27.7 Å². The number of hydrogen-bond acceptors (Lipinski definition) is 1. The number of fused-ring (bicyclic) bond motifs is 2. The summed E-state index contributed by atoms with van der Waals surface area (Å²) < 4.78 is 0. The average Bonchev–Trinajstić information content (AvgIpc) is 2.35. The summed E-state index contributed by atoms with van der Waals surface area (Å²) in [4.78, 5) is 0. The van der Waals surface area contributed by atoms with Gasteiger partial charge in [0.15, 0.2) is 0 Å². The molecule has 0 saturated heterocycles. The van der Waals surface area contributed by atoms with E-state index in [0.717, 1.165) is 5.92 Å². The summed E-state index contributed by atoms with van der Waals surface area (Å²) in [5, 5.41) is 10.4. The van der Waals surface area contributed by atoms with Gasteiger partial charge in [-0.15, -0.1) is 0 Å². The molecule has 2 aliphatic rings. The van der Waals surface area contributed by atoms with E-state index in [-0.39, 0.29) is 0 Å². The number of aliphatic hydroxyl groups is 1. The average molecular weight is 182 g/mol. The third kappa shape index (κ3) is 0.918. The van der Waals surface area contributed by atoms with Crippen molar-refractivity contribution >= 4 is 0 Å². The van der Waals surface area contributed by atoms with Crippen molar-refractivity contribution in [3.05, 3.63) is 0 Å². The molecule has 0 heterocycles. The van der Waals surface area contributed by atoms with Gasteiger partial charge in [0.05, 0.1) is 5.60 Å². The van der Waals surface area contributed by atoms with E-state index in [1.807, 2.05) is 6.92 Å². The highest BCUT2D eigenvalue weighted by Gasteiger charge is 2.63. The Labute approximate surface area is 81.5 Å². The molecule has 2 fully saturated rings. The third-order valence-electron chi connectivity index (χ3n) is 5.52. The summed E-state index contributed by atoms with van der Waals surface area (Å²) in [5.41, 5.74) is 0.0337. The Hall–Kier alpha value is -0.0400. The van der Waals surface area contributed by atoms with Crippen molar-refractivity contribution in [3.8, 4) is 0 Å². The van der Waals surface area contributed by atoms with Crippen LogP contribution in [0, 0.1) is 29.1 Å². The van der Waals surface area contributed by atoms with E-state index in [0.29, 0.717) is 23.2 Å². The van der Waals surface area contributed by atoms with E-state index in [1.54, 1.807) is 0 Å². The van der Waals surface area contributed by atoms with Crippen LogP contribution in [0.2, 0.25) is 0 Å². The minimum Gasteiger partial charge on any atom is -0.390 e. The molecule has 0 aromatic rings. The van der Waals surface area contributed by atoms with Crippen LogP contribution in [0.3, 0.4) is 0 Å². The quantitative estimate of drug-likeness (QED) is 0.610. The van der Waals surface area contributed by atoms with Gasteiger partial charge in [-0.2, -0.15) is 0 Å². The molecule has 76 valence electrons. The molecule has 1 N–H and O–H groups in total. The van der Waals surface area contributed by atoms with Gasteiger partial charge in [-0.3, -0.25) is 0 Å². The van der Waals surface area contributed by atoms with Crippen LogP contribution in [0.5, 0.6) is 0 Å². The fourth-order valence-corrected chi connectivity index (χ4v) is 3.98. The number of hydrogen-bond donors (Lipinski definition) is 1. The van der Waals surface area contributed by atoms with Gasteiger partial charge in [0.2, 0.25) is 0 Å². The molecule has 0 radical (unpaired) electrons. The first-order chi connectivity index (χ1) is 5.79. The van der Waals surface area contributed by atoms with Crippen LogP contribution in [0.4, 0.5) is 0 Å². The molecule has 2 aliphatic carbocycles. The molecule has 2 bridgehead atoms.